The lowest BCUT2D eigenvalue weighted by molar-refractivity contribution is -0.152. The van der Waals surface area contributed by atoms with Crippen molar-refractivity contribution in [2.45, 2.75) is 78.7 Å². The lowest BCUT2D eigenvalue weighted by Crippen LogP contribution is -2.50. The van der Waals surface area contributed by atoms with Crippen LogP contribution in [0.4, 0.5) is 0 Å². The maximum Gasteiger partial charge on any atom is 0.302 e. The summed E-state index contributed by atoms with van der Waals surface area (Å²) in [6, 6.07) is 0. The van der Waals surface area contributed by atoms with E-state index >= 15 is 0 Å². The van der Waals surface area contributed by atoms with Gasteiger partial charge in [-0.05, 0) is 86.0 Å². The highest BCUT2D eigenvalue weighted by Crippen LogP contribution is 2.66. The van der Waals surface area contributed by atoms with E-state index in [4.69, 9.17) is 4.74 Å². The van der Waals surface area contributed by atoms with Gasteiger partial charge < -0.3 is 4.74 Å². The van der Waals surface area contributed by atoms with Crippen LogP contribution in [0, 0.1) is 34.5 Å². The van der Waals surface area contributed by atoms with E-state index in [1.165, 1.54) is 44.9 Å². The number of esters is 1. The molecule has 0 spiro atoms. The minimum Gasteiger partial charge on any atom is -0.463 e. The molecule has 0 saturated heterocycles. The van der Waals surface area contributed by atoms with Crippen molar-refractivity contribution < 1.29 is 9.53 Å². The van der Waals surface area contributed by atoms with Crippen LogP contribution in [0.5, 0.6) is 0 Å². The van der Waals surface area contributed by atoms with Crippen molar-refractivity contribution in [2.75, 3.05) is 0 Å². The second-order valence-corrected chi connectivity index (χ2v) is 9.67. The third-order valence-corrected chi connectivity index (χ3v) is 8.64. The van der Waals surface area contributed by atoms with Gasteiger partial charge in [0.15, 0.2) is 0 Å². The Hall–Kier alpha value is -1.05. The third kappa shape index (κ3) is 2.54. The van der Waals surface area contributed by atoms with Gasteiger partial charge in [0.2, 0.25) is 0 Å². The highest BCUT2D eigenvalue weighted by molar-refractivity contribution is 5.66. The first-order valence-electron chi connectivity index (χ1n) is 10.4. The van der Waals surface area contributed by atoms with Crippen LogP contribution in [-0.4, -0.2) is 12.1 Å². The van der Waals surface area contributed by atoms with Gasteiger partial charge in [0.05, 0.1) is 0 Å². The monoisotopic (exact) mass is 342 g/mol. The molecule has 7 atom stereocenters. The van der Waals surface area contributed by atoms with Gasteiger partial charge in [0.1, 0.15) is 6.10 Å². The number of carbonyl (C=O) groups excluding carboxylic acids is 1. The minimum atomic E-state index is -0.125. The lowest BCUT2D eigenvalue weighted by atomic mass is 9.48. The highest BCUT2D eigenvalue weighted by Gasteiger charge is 2.59. The molecular weight excluding hydrogens is 308 g/mol. The Balaban J connectivity index is 1.61. The van der Waals surface area contributed by atoms with Crippen molar-refractivity contribution in [1.29, 1.82) is 0 Å². The van der Waals surface area contributed by atoms with Gasteiger partial charge in [0.25, 0.3) is 0 Å². The summed E-state index contributed by atoms with van der Waals surface area (Å²) in [4.78, 5) is 11.5. The average molecular weight is 343 g/mol. The summed E-state index contributed by atoms with van der Waals surface area (Å²) in [5, 5.41) is 0. The average Bonchev–Trinajstić information content (AvgIpc) is 2.91. The summed E-state index contributed by atoms with van der Waals surface area (Å²) in [6.07, 6.45) is 16.4. The molecule has 0 aromatic rings. The molecule has 0 heterocycles. The quantitative estimate of drug-likeness (QED) is 0.603. The summed E-state index contributed by atoms with van der Waals surface area (Å²) >= 11 is 0. The SMILES string of the molecule is CC(=O)OC(C)C1CCC2C3CC=C4C=CCCC4(C)C3CCC12C. The molecule has 0 amide bonds. The first kappa shape index (κ1) is 17.4. The van der Waals surface area contributed by atoms with Crippen LogP contribution in [-0.2, 0) is 9.53 Å². The number of hydrogen-bond acceptors (Lipinski definition) is 2. The molecule has 4 rings (SSSR count). The lowest BCUT2D eigenvalue weighted by Gasteiger charge is -2.57. The highest BCUT2D eigenvalue weighted by atomic mass is 16.5. The Morgan fingerprint density at radius 3 is 2.76 bits per heavy atom. The summed E-state index contributed by atoms with van der Waals surface area (Å²) in [5.74, 6) is 2.88. The molecule has 0 radical (unpaired) electrons. The van der Waals surface area contributed by atoms with Crippen LogP contribution >= 0.6 is 0 Å². The van der Waals surface area contributed by atoms with E-state index in [1.807, 2.05) is 0 Å². The number of allylic oxidation sites excluding steroid dienone is 4. The Bertz CT molecular complexity index is 618. The van der Waals surface area contributed by atoms with Gasteiger partial charge in [-0.25, -0.2) is 0 Å². The van der Waals surface area contributed by atoms with E-state index in [9.17, 15) is 4.79 Å². The van der Waals surface area contributed by atoms with Crippen molar-refractivity contribution in [2.24, 2.45) is 34.5 Å². The molecule has 0 aromatic carbocycles. The normalized spacial score (nSPS) is 46.5. The first-order chi connectivity index (χ1) is 11.9. The minimum absolute atomic E-state index is 0.0620. The Kier molecular flexibility index (Phi) is 4.16. The van der Waals surface area contributed by atoms with Gasteiger partial charge in [-0.3, -0.25) is 4.79 Å². The van der Waals surface area contributed by atoms with E-state index in [2.05, 4.69) is 39.0 Å². The Morgan fingerprint density at radius 2 is 2.00 bits per heavy atom. The van der Waals surface area contributed by atoms with Crippen LogP contribution in [0.3, 0.4) is 0 Å². The van der Waals surface area contributed by atoms with Crippen molar-refractivity contribution in [3.63, 3.8) is 0 Å². The van der Waals surface area contributed by atoms with Crippen LogP contribution in [0.2, 0.25) is 0 Å². The van der Waals surface area contributed by atoms with Gasteiger partial charge in [-0.2, -0.15) is 0 Å². The maximum atomic E-state index is 11.5. The Labute approximate surface area is 153 Å². The summed E-state index contributed by atoms with van der Waals surface area (Å²) < 4.78 is 5.63. The number of ether oxygens (including phenoxy) is 1. The first-order valence-corrected chi connectivity index (χ1v) is 10.4. The molecule has 0 bridgehead atoms. The predicted octanol–water partition coefficient (Wildman–Crippen LogP) is 5.68. The largest absolute Gasteiger partial charge is 0.463 e. The zero-order chi connectivity index (χ0) is 17.8. The second kappa shape index (κ2) is 5.99. The van der Waals surface area contributed by atoms with Crippen LogP contribution in [0.1, 0.15) is 72.6 Å². The fourth-order valence-corrected chi connectivity index (χ4v) is 7.45. The van der Waals surface area contributed by atoms with Crippen LogP contribution < -0.4 is 0 Å². The van der Waals surface area contributed by atoms with Crippen LogP contribution in [0.25, 0.3) is 0 Å². The molecule has 0 N–H and O–H groups in total. The molecule has 2 heteroatoms. The van der Waals surface area contributed by atoms with E-state index in [-0.39, 0.29) is 12.1 Å². The third-order valence-electron chi connectivity index (χ3n) is 8.64. The summed E-state index contributed by atoms with van der Waals surface area (Å²) in [7, 11) is 0. The van der Waals surface area contributed by atoms with Crippen molar-refractivity contribution >= 4 is 5.97 Å². The van der Waals surface area contributed by atoms with Crippen molar-refractivity contribution in [1.82, 2.24) is 0 Å². The van der Waals surface area contributed by atoms with Crippen LogP contribution in [0.15, 0.2) is 23.8 Å². The van der Waals surface area contributed by atoms with E-state index in [0.717, 1.165) is 17.8 Å². The number of fused-ring (bicyclic) bond motifs is 5. The Morgan fingerprint density at radius 1 is 1.20 bits per heavy atom. The molecular formula is C23H34O2. The molecule has 25 heavy (non-hydrogen) atoms. The number of rotatable bonds is 2. The summed E-state index contributed by atoms with van der Waals surface area (Å²) in [6.45, 7) is 8.72. The van der Waals surface area contributed by atoms with Crippen molar-refractivity contribution in [3.05, 3.63) is 23.8 Å². The fraction of sp³-hybridized carbons (Fsp3) is 0.783. The smallest absolute Gasteiger partial charge is 0.302 e. The van der Waals surface area contributed by atoms with E-state index < -0.39 is 0 Å². The standard InChI is InChI=1S/C23H34O2/c1-15(25-16(2)24)19-10-11-20-18-9-8-17-7-5-6-13-22(17,3)21(18)12-14-23(19,20)4/h5,7-8,15,18-21H,6,9-14H2,1-4H3. The molecule has 4 aliphatic rings. The van der Waals surface area contributed by atoms with Gasteiger partial charge in [-0.1, -0.05) is 32.1 Å². The molecule has 0 aromatic heterocycles. The molecule has 2 saturated carbocycles. The zero-order valence-electron chi connectivity index (χ0n) is 16.4. The molecule has 0 aliphatic heterocycles. The molecule has 4 aliphatic carbocycles. The number of carbonyl (C=O) groups is 1. The van der Waals surface area contributed by atoms with Crippen molar-refractivity contribution in [3.8, 4) is 0 Å². The van der Waals surface area contributed by atoms with E-state index in [1.54, 1.807) is 12.5 Å². The van der Waals surface area contributed by atoms with Gasteiger partial charge in [0, 0.05) is 12.8 Å². The molecule has 7 unspecified atom stereocenters. The van der Waals surface area contributed by atoms with E-state index in [0.29, 0.717) is 16.7 Å². The fourth-order valence-electron chi connectivity index (χ4n) is 7.45. The molecule has 2 fully saturated rings. The maximum absolute atomic E-state index is 11.5. The van der Waals surface area contributed by atoms with Gasteiger partial charge >= 0.3 is 5.97 Å². The summed E-state index contributed by atoms with van der Waals surface area (Å²) in [5.41, 5.74) is 2.37. The van der Waals surface area contributed by atoms with Gasteiger partial charge in [-0.15, -0.1) is 0 Å². The zero-order valence-corrected chi connectivity index (χ0v) is 16.4. The molecule has 2 nitrogen and oxygen atoms in total. The molecule has 138 valence electrons. The topological polar surface area (TPSA) is 26.3 Å². The second-order valence-electron chi connectivity index (χ2n) is 9.67. The number of hydrogen-bond donors (Lipinski definition) is 0. The predicted molar refractivity (Wildman–Crippen MR) is 101 cm³/mol.